The predicted molar refractivity (Wildman–Crippen MR) is 98.5 cm³/mol. The van der Waals surface area contributed by atoms with Gasteiger partial charge in [-0.3, -0.25) is 0 Å². The van der Waals surface area contributed by atoms with E-state index in [9.17, 15) is 4.79 Å². The Morgan fingerprint density at radius 3 is 2.48 bits per heavy atom. The predicted octanol–water partition coefficient (Wildman–Crippen LogP) is 4.64. The van der Waals surface area contributed by atoms with Gasteiger partial charge in [0, 0.05) is 17.4 Å². The van der Waals surface area contributed by atoms with Crippen LogP contribution < -0.4 is 4.74 Å². The Morgan fingerprint density at radius 1 is 1.04 bits per heavy atom. The van der Waals surface area contributed by atoms with Gasteiger partial charge in [0.1, 0.15) is 5.75 Å². The van der Waals surface area contributed by atoms with E-state index in [1.54, 1.807) is 7.11 Å². The SMILES string of the molecule is CCOC(=O)c1cc(C)n(-c2cccc(OC)c2)c1-c1ccccc1. The topological polar surface area (TPSA) is 40.5 Å². The first-order chi connectivity index (χ1) is 12.2. The first-order valence-corrected chi connectivity index (χ1v) is 8.25. The molecule has 2 aromatic carbocycles. The molecule has 4 heteroatoms. The van der Waals surface area contributed by atoms with Gasteiger partial charge in [0.05, 0.1) is 25.0 Å². The van der Waals surface area contributed by atoms with E-state index in [-0.39, 0.29) is 5.97 Å². The van der Waals surface area contributed by atoms with E-state index in [1.165, 1.54) is 0 Å². The van der Waals surface area contributed by atoms with Crippen molar-refractivity contribution in [2.24, 2.45) is 0 Å². The van der Waals surface area contributed by atoms with Crippen LogP contribution in [0.2, 0.25) is 0 Å². The van der Waals surface area contributed by atoms with Crippen LogP contribution in [-0.4, -0.2) is 24.3 Å². The van der Waals surface area contributed by atoms with E-state index >= 15 is 0 Å². The summed E-state index contributed by atoms with van der Waals surface area (Å²) >= 11 is 0. The summed E-state index contributed by atoms with van der Waals surface area (Å²) in [6.07, 6.45) is 0. The third kappa shape index (κ3) is 3.29. The summed E-state index contributed by atoms with van der Waals surface area (Å²) in [5.41, 5.74) is 4.24. The van der Waals surface area contributed by atoms with Crippen molar-refractivity contribution < 1.29 is 14.3 Å². The molecule has 0 atom stereocenters. The lowest BCUT2D eigenvalue weighted by Crippen LogP contribution is -2.07. The van der Waals surface area contributed by atoms with Crippen LogP contribution in [0.4, 0.5) is 0 Å². The monoisotopic (exact) mass is 335 g/mol. The number of aromatic nitrogens is 1. The molecule has 25 heavy (non-hydrogen) atoms. The minimum absolute atomic E-state index is 0.314. The summed E-state index contributed by atoms with van der Waals surface area (Å²) in [5.74, 6) is 0.452. The lowest BCUT2D eigenvalue weighted by atomic mass is 10.1. The first kappa shape index (κ1) is 16.8. The Balaban J connectivity index is 2.25. The molecule has 0 aliphatic heterocycles. The molecule has 3 rings (SSSR count). The van der Waals surface area contributed by atoms with Crippen LogP contribution in [0.1, 0.15) is 23.0 Å². The number of carbonyl (C=O) groups is 1. The molecule has 0 saturated carbocycles. The van der Waals surface area contributed by atoms with Gasteiger partial charge in [0.2, 0.25) is 0 Å². The Labute approximate surface area is 147 Å². The normalized spacial score (nSPS) is 10.5. The smallest absolute Gasteiger partial charge is 0.340 e. The second kappa shape index (κ2) is 7.26. The molecular formula is C21H21NO3. The number of nitrogens with zero attached hydrogens (tertiary/aromatic N) is 1. The Hall–Kier alpha value is -3.01. The van der Waals surface area contributed by atoms with Crippen LogP contribution in [0.3, 0.4) is 0 Å². The zero-order chi connectivity index (χ0) is 17.8. The summed E-state index contributed by atoms with van der Waals surface area (Å²) in [6, 6.07) is 19.5. The van der Waals surface area contributed by atoms with Crippen LogP contribution >= 0.6 is 0 Å². The molecule has 1 heterocycles. The number of rotatable bonds is 5. The maximum atomic E-state index is 12.5. The number of carbonyl (C=O) groups excluding carboxylic acids is 1. The summed E-state index contributed by atoms with van der Waals surface area (Å²) in [7, 11) is 1.64. The van der Waals surface area contributed by atoms with Gasteiger partial charge >= 0.3 is 5.97 Å². The molecule has 128 valence electrons. The average molecular weight is 335 g/mol. The second-order valence-corrected chi connectivity index (χ2v) is 5.67. The molecule has 3 aromatic rings. The average Bonchev–Trinajstić information content (AvgIpc) is 3.00. The first-order valence-electron chi connectivity index (χ1n) is 8.25. The quantitative estimate of drug-likeness (QED) is 0.638. The van der Waals surface area contributed by atoms with Crippen LogP contribution in [-0.2, 0) is 4.74 Å². The highest BCUT2D eigenvalue weighted by atomic mass is 16.5. The van der Waals surface area contributed by atoms with Gasteiger partial charge in [-0.05, 0) is 37.6 Å². The molecule has 0 saturated heterocycles. The van der Waals surface area contributed by atoms with Gasteiger partial charge < -0.3 is 14.0 Å². The molecule has 1 aromatic heterocycles. The maximum Gasteiger partial charge on any atom is 0.340 e. The lowest BCUT2D eigenvalue weighted by Gasteiger charge is -2.14. The minimum Gasteiger partial charge on any atom is -0.497 e. The molecule has 0 bridgehead atoms. The van der Waals surface area contributed by atoms with Crippen LogP contribution in [0.5, 0.6) is 5.75 Å². The van der Waals surface area contributed by atoms with Crippen molar-refractivity contribution in [3.05, 3.63) is 71.9 Å². The molecule has 0 fully saturated rings. The van der Waals surface area contributed by atoms with Crippen molar-refractivity contribution in [2.75, 3.05) is 13.7 Å². The van der Waals surface area contributed by atoms with Crippen molar-refractivity contribution in [1.82, 2.24) is 4.57 Å². The highest BCUT2D eigenvalue weighted by molar-refractivity contribution is 5.97. The zero-order valence-corrected chi connectivity index (χ0v) is 14.7. The van der Waals surface area contributed by atoms with E-state index in [1.807, 2.05) is 74.5 Å². The van der Waals surface area contributed by atoms with Crippen LogP contribution in [0.25, 0.3) is 16.9 Å². The van der Waals surface area contributed by atoms with Gasteiger partial charge in [0.25, 0.3) is 0 Å². The largest absolute Gasteiger partial charge is 0.497 e. The second-order valence-electron chi connectivity index (χ2n) is 5.67. The van der Waals surface area contributed by atoms with Gasteiger partial charge in [-0.25, -0.2) is 4.79 Å². The van der Waals surface area contributed by atoms with Crippen LogP contribution in [0.15, 0.2) is 60.7 Å². The molecule has 0 aliphatic carbocycles. The number of hydrogen-bond acceptors (Lipinski definition) is 3. The third-order valence-corrected chi connectivity index (χ3v) is 4.04. The summed E-state index contributed by atoms with van der Waals surface area (Å²) in [6.45, 7) is 4.14. The molecule has 0 N–H and O–H groups in total. The molecule has 0 radical (unpaired) electrons. The number of benzene rings is 2. The van der Waals surface area contributed by atoms with Crippen molar-refractivity contribution in [2.45, 2.75) is 13.8 Å². The fraction of sp³-hybridized carbons (Fsp3) is 0.190. The highest BCUT2D eigenvalue weighted by Gasteiger charge is 2.22. The molecule has 4 nitrogen and oxygen atoms in total. The summed E-state index contributed by atoms with van der Waals surface area (Å²) in [5, 5.41) is 0. The number of hydrogen-bond donors (Lipinski definition) is 0. The summed E-state index contributed by atoms with van der Waals surface area (Å²) in [4.78, 5) is 12.5. The third-order valence-electron chi connectivity index (χ3n) is 4.04. The van der Waals surface area contributed by atoms with Crippen molar-refractivity contribution in [1.29, 1.82) is 0 Å². The van der Waals surface area contributed by atoms with Gasteiger partial charge in [-0.1, -0.05) is 36.4 Å². The fourth-order valence-electron chi connectivity index (χ4n) is 2.97. The van der Waals surface area contributed by atoms with Crippen molar-refractivity contribution >= 4 is 5.97 Å². The Morgan fingerprint density at radius 2 is 1.80 bits per heavy atom. The number of aryl methyl sites for hydroxylation is 1. The molecule has 0 amide bonds. The van der Waals surface area contributed by atoms with E-state index in [0.717, 1.165) is 28.4 Å². The fourth-order valence-corrected chi connectivity index (χ4v) is 2.97. The van der Waals surface area contributed by atoms with E-state index in [2.05, 4.69) is 4.57 Å². The van der Waals surface area contributed by atoms with E-state index < -0.39 is 0 Å². The number of esters is 1. The zero-order valence-electron chi connectivity index (χ0n) is 14.7. The minimum atomic E-state index is -0.314. The Bertz CT molecular complexity index is 881. The molecular weight excluding hydrogens is 314 g/mol. The van der Waals surface area contributed by atoms with E-state index in [4.69, 9.17) is 9.47 Å². The van der Waals surface area contributed by atoms with Crippen molar-refractivity contribution in [3.63, 3.8) is 0 Å². The maximum absolute atomic E-state index is 12.5. The number of methoxy groups -OCH3 is 1. The van der Waals surface area contributed by atoms with E-state index in [0.29, 0.717) is 12.2 Å². The number of ether oxygens (including phenoxy) is 2. The molecule has 0 aliphatic rings. The highest BCUT2D eigenvalue weighted by Crippen LogP contribution is 2.32. The van der Waals surface area contributed by atoms with Crippen LogP contribution in [0, 0.1) is 6.92 Å². The summed E-state index contributed by atoms with van der Waals surface area (Å²) < 4.78 is 12.7. The van der Waals surface area contributed by atoms with Gasteiger partial charge in [0.15, 0.2) is 0 Å². The standard InChI is InChI=1S/C21H21NO3/c1-4-25-21(23)19-13-15(2)22(17-11-8-12-18(14-17)24-3)20(19)16-9-6-5-7-10-16/h5-14H,4H2,1-3H3. The molecule has 0 unspecified atom stereocenters. The Kier molecular flexibility index (Phi) is 4.89. The van der Waals surface area contributed by atoms with Crippen molar-refractivity contribution in [3.8, 4) is 22.7 Å². The molecule has 0 spiro atoms. The lowest BCUT2D eigenvalue weighted by molar-refractivity contribution is 0.0527. The van der Waals surface area contributed by atoms with Gasteiger partial charge in [-0.2, -0.15) is 0 Å². The van der Waals surface area contributed by atoms with Gasteiger partial charge in [-0.15, -0.1) is 0 Å².